The minimum absolute atomic E-state index is 0.197. The summed E-state index contributed by atoms with van der Waals surface area (Å²) in [7, 11) is 0. The van der Waals surface area contributed by atoms with Crippen LogP contribution >= 0.6 is 11.3 Å². The van der Waals surface area contributed by atoms with Gasteiger partial charge in [0, 0.05) is 43.1 Å². The summed E-state index contributed by atoms with van der Waals surface area (Å²) >= 11 is 1.81. The molecular weight excluding hydrogens is 520 g/mol. The second-order valence-corrected chi connectivity index (χ2v) is 12.4. The topological polar surface area (TPSA) is 35.0 Å². The molecule has 41 heavy (non-hydrogen) atoms. The highest BCUT2D eigenvalue weighted by Crippen LogP contribution is 2.53. The van der Waals surface area contributed by atoms with Gasteiger partial charge in [-0.05, 0) is 36.6 Å². The summed E-state index contributed by atoms with van der Waals surface area (Å²) in [5, 5.41) is 2.53. The monoisotopic (exact) mass is 548 g/mol. The number of thiophene rings is 1. The number of benzene rings is 4. The minimum atomic E-state index is -0.197. The lowest BCUT2D eigenvalue weighted by molar-refractivity contribution is 0.424. The SMILES string of the molecule is CC1(C)c2ccc(-c3cc(-c4ccccc4)nc(C4=CC=CCC4)n3)cc2Oc2c1ccc1c2sc2ccccc21. The van der Waals surface area contributed by atoms with Crippen LogP contribution in [0.3, 0.4) is 0 Å². The predicted molar refractivity (Wildman–Crippen MR) is 171 cm³/mol. The molecule has 3 heterocycles. The summed E-state index contributed by atoms with van der Waals surface area (Å²) in [5.74, 6) is 2.67. The van der Waals surface area contributed by atoms with Crippen molar-refractivity contribution in [1.29, 1.82) is 0 Å². The van der Waals surface area contributed by atoms with E-state index in [0.717, 1.165) is 52.7 Å². The molecule has 0 atom stereocenters. The Labute approximate surface area is 243 Å². The summed E-state index contributed by atoms with van der Waals surface area (Å²) < 4.78 is 9.32. The molecule has 0 unspecified atom stereocenters. The van der Waals surface area contributed by atoms with Crippen molar-refractivity contribution in [2.24, 2.45) is 0 Å². The molecule has 0 bridgehead atoms. The number of hydrogen-bond donors (Lipinski definition) is 0. The van der Waals surface area contributed by atoms with E-state index < -0.39 is 0 Å². The molecule has 4 heteroatoms. The van der Waals surface area contributed by atoms with Crippen molar-refractivity contribution in [3.63, 3.8) is 0 Å². The van der Waals surface area contributed by atoms with Crippen LogP contribution in [0.2, 0.25) is 0 Å². The zero-order chi connectivity index (χ0) is 27.6. The lowest BCUT2D eigenvalue weighted by atomic mass is 9.75. The Balaban J connectivity index is 1.29. The van der Waals surface area contributed by atoms with Gasteiger partial charge in [-0.1, -0.05) is 105 Å². The van der Waals surface area contributed by atoms with Crippen LogP contribution in [-0.2, 0) is 5.41 Å². The summed E-state index contributed by atoms with van der Waals surface area (Å²) in [5.41, 5.74) is 7.33. The van der Waals surface area contributed by atoms with Gasteiger partial charge in [0.25, 0.3) is 0 Å². The Kier molecular flexibility index (Phi) is 5.48. The quantitative estimate of drug-likeness (QED) is 0.221. The first kappa shape index (κ1) is 24.3. The van der Waals surface area contributed by atoms with E-state index in [1.54, 1.807) is 0 Å². The maximum atomic E-state index is 6.83. The average Bonchev–Trinajstić information content (AvgIpc) is 3.41. The normalized spacial score (nSPS) is 15.3. The third-order valence-corrected chi connectivity index (χ3v) is 9.62. The molecule has 0 spiro atoms. The van der Waals surface area contributed by atoms with Gasteiger partial charge in [0.05, 0.1) is 16.1 Å². The first-order valence-electron chi connectivity index (χ1n) is 14.1. The molecule has 0 saturated carbocycles. The van der Waals surface area contributed by atoms with Crippen LogP contribution < -0.4 is 4.74 Å². The fraction of sp³-hybridized carbons (Fsp3) is 0.135. The molecule has 0 amide bonds. The summed E-state index contributed by atoms with van der Waals surface area (Å²) in [6, 6.07) is 32.2. The maximum Gasteiger partial charge on any atom is 0.156 e. The van der Waals surface area contributed by atoms with Gasteiger partial charge in [-0.25, -0.2) is 9.97 Å². The third-order valence-electron chi connectivity index (χ3n) is 8.43. The molecule has 0 N–H and O–H groups in total. The van der Waals surface area contributed by atoms with Gasteiger partial charge in [-0.15, -0.1) is 11.3 Å². The lowest BCUT2D eigenvalue weighted by Crippen LogP contribution is -2.24. The fourth-order valence-electron chi connectivity index (χ4n) is 6.18. The first-order chi connectivity index (χ1) is 20.1. The molecule has 8 rings (SSSR count). The van der Waals surface area contributed by atoms with Gasteiger partial charge < -0.3 is 4.74 Å². The van der Waals surface area contributed by atoms with E-state index in [9.17, 15) is 0 Å². The van der Waals surface area contributed by atoms with E-state index in [1.165, 1.54) is 36.9 Å². The van der Waals surface area contributed by atoms with Gasteiger partial charge in [0.1, 0.15) is 11.5 Å². The Hall–Kier alpha value is -4.54. The maximum absolute atomic E-state index is 6.83. The smallest absolute Gasteiger partial charge is 0.156 e. The zero-order valence-corrected chi connectivity index (χ0v) is 23.8. The van der Waals surface area contributed by atoms with Crippen LogP contribution in [0.5, 0.6) is 11.5 Å². The van der Waals surface area contributed by atoms with E-state index >= 15 is 0 Å². The molecule has 0 fully saturated rings. The highest BCUT2D eigenvalue weighted by molar-refractivity contribution is 7.26. The van der Waals surface area contributed by atoms with Gasteiger partial charge >= 0.3 is 0 Å². The van der Waals surface area contributed by atoms with Crippen molar-refractivity contribution in [3.8, 4) is 34.0 Å². The van der Waals surface area contributed by atoms with Crippen LogP contribution in [0, 0.1) is 0 Å². The number of aromatic nitrogens is 2. The average molecular weight is 549 g/mol. The van der Waals surface area contributed by atoms with Gasteiger partial charge in [0.2, 0.25) is 0 Å². The largest absolute Gasteiger partial charge is 0.455 e. The number of allylic oxidation sites excluding steroid dienone is 4. The Morgan fingerprint density at radius 1 is 0.756 bits per heavy atom. The molecule has 4 aromatic carbocycles. The minimum Gasteiger partial charge on any atom is -0.455 e. The third kappa shape index (κ3) is 3.93. The summed E-state index contributed by atoms with van der Waals surface area (Å²) in [6.45, 7) is 4.59. The Morgan fingerprint density at radius 3 is 2.37 bits per heavy atom. The molecule has 2 aliphatic rings. The molecule has 6 aromatic rings. The Bertz CT molecular complexity index is 2050. The van der Waals surface area contributed by atoms with Crippen LogP contribution in [0.15, 0.2) is 109 Å². The van der Waals surface area contributed by atoms with E-state index in [4.69, 9.17) is 14.7 Å². The van der Waals surface area contributed by atoms with Gasteiger partial charge in [-0.3, -0.25) is 0 Å². The van der Waals surface area contributed by atoms with Crippen LogP contribution in [0.25, 0.3) is 48.3 Å². The van der Waals surface area contributed by atoms with Crippen molar-refractivity contribution in [1.82, 2.24) is 9.97 Å². The van der Waals surface area contributed by atoms with E-state index in [1.807, 2.05) is 17.4 Å². The van der Waals surface area contributed by atoms with Crippen LogP contribution in [0.1, 0.15) is 43.6 Å². The fourth-order valence-corrected chi connectivity index (χ4v) is 7.37. The zero-order valence-electron chi connectivity index (χ0n) is 23.0. The predicted octanol–water partition coefficient (Wildman–Crippen LogP) is 10.3. The van der Waals surface area contributed by atoms with Crippen molar-refractivity contribution < 1.29 is 4.74 Å². The van der Waals surface area contributed by atoms with Crippen LogP contribution in [-0.4, -0.2) is 9.97 Å². The van der Waals surface area contributed by atoms with E-state index in [0.29, 0.717) is 0 Å². The van der Waals surface area contributed by atoms with Crippen molar-refractivity contribution in [2.75, 3.05) is 0 Å². The lowest BCUT2D eigenvalue weighted by Gasteiger charge is -2.35. The van der Waals surface area contributed by atoms with Crippen molar-refractivity contribution >= 4 is 37.1 Å². The second kappa shape index (κ2) is 9.25. The Morgan fingerprint density at radius 2 is 1.54 bits per heavy atom. The molecule has 198 valence electrons. The second-order valence-electron chi connectivity index (χ2n) is 11.3. The molecule has 3 nitrogen and oxygen atoms in total. The van der Waals surface area contributed by atoms with E-state index in [2.05, 4.69) is 117 Å². The van der Waals surface area contributed by atoms with Crippen LogP contribution in [0.4, 0.5) is 0 Å². The molecule has 1 aliphatic carbocycles. The van der Waals surface area contributed by atoms with Gasteiger partial charge in [-0.2, -0.15) is 0 Å². The summed E-state index contributed by atoms with van der Waals surface area (Å²) in [4.78, 5) is 10.1. The van der Waals surface area contributed by atoms with Crippen molar-refractivity contribution in [3.05, 3.63) is 126 Å². The summed E-state index contributed by atoms with van der Waals surface area (Å²) in [6.07, 6.45) is 8.39. The molecule has 1 aliphatic heterocycles. The number of hydrogen-bond acceptors (Lipinski definition) is 4. The molecule has 0 saturated heterocycles. The molecule has 0 radical (unpaired) electrons. The standard InChI is InChI=1S/C37H28N2OS/c1-37(2)28-19-17-25(21-32(28)40-34-29(37)20-18-27-26-15-9-10-16-33(26)41-35(27)34)31-22-30(23-11-5-3-6-12-23)38-36(39-31)24-13-7-4-8-14-24/h3-7,9-13,15-22H,8,14H2,1-2H3. The number of ether oxygens (including phenoxy) is 1. The highest BCUT2D eigenvalue weighted by Gasteiger charge is 2.36. The highest BCUT2D eigenvalue weighted by atomic mass is 32.1. The van der Waals surface area contributed by atoms with E-state index in [-0.39, 0.29) is 5.41 Å². The molecular formula is C37H28N2OS. The number of fused-ring (bicyclic) bond motifs is 6. The number of rotatable bonds is 3. The molecule has 2 aromatic heterocycles. The van der Waals surface area contributed by atoms with Crippen molar-refractivity contribution in [2.45, 2.75) is 32.1 Å². The van der Waals surface area contributed by atoms with Gasteiger partial charge in [0.15, 0.2) is 5.82 Å². The number of nitrogens with zero attached hydrogens (tertiary/aromatic N) is 2. The first-order valence-corrected chi connectivity index (χ1v) is 15.0.